The van der Waals surface area contributed by atoms with Crippen molar-refractivity contribution in [2.24, 2.45) is 0 Å². The minimum atomic E-state index is -0.458. The van der Waals surface area contributed by atoms with Gasteiger partial charge in [0.25, 0.3) is 11.6 Å². The van der Waals surface area contributed by atoms with Gasteiger partial charge in [-0.25, -0.2) is 0 Å². The standard InChI is InChI=1S/C21H16N2O4/c1-13-16-11-10-14-6-2-4-8-17(14)20(16)27-19(13)21(24)22-12-15-7-3-5-9-18(15)23(25)26/h2-11H,12H2,1H3,(H,22,24). The topological polar surface area (TPSA) is 85.4 Å². The normalized spacial score (nSPS) is 11.0. The van der Waals surface area contributed by atoms with Crippen LogP contribution in [0.1, 0.15) is 21.7 Å². The lowest BCUT2D eigenvalue weighted by Gasteiger charge is -2.05. The Kier molecular flexibility index (Phi) is 4.08. The number of benzene rings is 3. The molecule has 0 saturated heterocycles. The second-order valence-corrected chi connectivity index (χ2v) is 6.29. The third kappa shape index (κ3) is 2.91. The molecule has 0 unspecified atom stereocenters. The Morgan fingerprint density at radius 1 is 1.04 bits per heavy atom. The zero-order valence-corrected chi connectivity index (χ0v) is 14.6. The van der Waals surface area contributed by atoms with Crippen molar-refractivity contribution in [3.63, 3.8) is 0 Å². The van der Waals surface area contributed by atoms with Gasteiger partial charge < -0.3 is 9.73 Å². The number of nitrogens with one attached hydrogen (secondary N) is 1. The van der Waals surface area contributed by atoms with Gasteiger partial charge >= 0.3 is 0 Å². The molecule has 27 heavy (non-hydrogen) atoms. The highest BCUT2D eigenvalue weighted by atomic mass is 16.6. The summed E-state index contributed by atoms with van der Waals surface area (Å²) in [6, 6.07) is 18.1. The quantitative estimate of drug-likeness (QED) is 0.421. The molecule has 0 saturated carbocycles. The second-order valence-electron chi connectivity index (χ2n) is 6.29. The molecule has 1 aromatic heterocycles. The molecule has 0 bridgehead atoms. The van der Waals surface area contributed by atoms with Crippen LogP contribution < -0.4 is 5.32 Å². The summed E-state index contributed by atoms with van der Waals surface area (Å²) in [6.07, 6.45) is 0. The van der Waals surface area contributed by atoms with Crippen LogP contribution in [0.15, 0.2) is 65.1 Å². The molecule has 0 aliphatic carbocycles. The van der Waals surface area contributed by atoms with Gasteiger partial charge in [-0.15, -0.1) is 0 Å². The van der Waals surface area contributed by atoms with E-state index in [9.17, 15) is 14.9 Å². The zero-order valence-electron chi connectivity index (χ0n) is 14.6. The van der Waals surface area contributed by atoms with Crippen LogP contribution in [0.25, 0.3) is 21.7 Å². The van der Waals surface area contributed by atoms with Crippen LogP contribution in [0.5, 0.6) is 0 Å². The summed E-state index contributed by atoms with van der Waals surface area (Å²) in [5.74, 6) is -0.175. The number of carbonyl (C=O) groups excluding carboxylic acids is 1. The molecule has 1 N–H and O–H groups in total. The first-order valence-electron chi connectivity index (χ1n) is 8.47. The first-order chi connectivity index (χ1) is 13.1. The summed E-state index contributed by atoms with van der Waals surface area (Å²) in [6.45, 7) is 1.88. The maximum atomic E-state index is 12.7. The molecular formula is C21H16N2O4. The average Bonchev–Trinajstić information content (AvgIpc) is 3.03. The van der Waals surface area contributed by atoms with Crippen molar-refractivity contribution in [2.75, 3.05) is 0 Å². The van der Waals surface area contributed by atoms with E-state index < -0.39 is 10.8 Å². The van der Waals surface area contributed by atoms with Crippen LogP contribution in [-0.4, -0.2) is 10.8 Å². The SMILES string of the molecule is Cc1c(C(=O)NCc2ccccc2[N+](=O)[O-])oc2c1ccc1ccccc12. The number of para-hydroxylation sites is 1. The number of amides is 1. The van der Waals surface area contributed by atoms with Crippen LogP contribution in [-0.2, 0) is 6.54 Å². The first-order valence-corrected chi connectivity index (χ1v) is 8.47. The van der Waals surface area contributed by atoms with Gasteiger partial charge in [0.05, 0.1) is 4.92 Å². The lowest BCUT2D eigenvalue weighted by molar-refractivity contribution is -0.385. The number of aryl methyl sites for hydroxylation is 1. The fourth-order valence-electron chi connectivity index (χ4n) is 3.26. The van der Waals surface area contributed by atoms with Gasteiger partial charge in [-0.1, -0.05) is 54.6 Å². The van der Waals surface area contributed by atoms with E-state index in [1.54, 1.807) is 18.2 Å². The van der Waals surface area contributed by atoms with Gasteiger partial charge in [0, 0.05) is 34.5 Å². The Balaban J connectivity index is 1.66. The molecule has 134 valence electrons. The number of hydrogen-bond donors (Lipinski definition) is 1. The van der Waals surface area contributed by atoms with E-state index >= 15 is 0 Å². The van der Waals surface area contributed by atoms with E-state index in [-0.39, 0.29) is 18.0 Å². The summed E-state index contributed by atoms with van der Waals surface area (Å²) in [5.41, 5.74) is 1.83. The molecule has 0 aliphatic heterocycles. The Morgan fingerprint density at radius 2 is 1.78 bits per heavy atom. The van der Waals surface area contributed by atoms with Crippen molar-refractivity contribution in [3.8, 4) is 0 Å². The maximum Gasteiger partial charge on any atom is 0.287 e. The number of hydrogen-bond acceptors (Lipinski definition) is 4. The Hall–Kier alpha value is -3.67. The van der Waals surface area contributed by atoms with E-state index in [0.29, 0.717) is 11.1 Å². The first kappa shape index (κ1) is 16.8. The predicted octanol–water partition coefficient (Wildman–Crippen LogP) is 4.73. The third-order valence-electron chi connectivity index (χ3n) is 4.66. The Bertz CT molecular complexity index is 1190. The number of nitrogens with zero attached hydrogens (tertiary/aromatic N) is 1. The minimum absolute atomic E-state index is 0.0230. The van der Waals surface area contributed by atoms with Crippen molar-refractivity contribution in [3.05, 3.63) is 87.7 Å². The van der Waals surface area contributed by atoms with Crippen molar-refractivity contribution >= 4 is 33.3 Å². The van der Waals surface area contributed by atoms with Crippen molar-refractivity contribution in [1.82, 2.24) is 5.32 Å². The second kappa shape index (κ2) is 6.57. The van der Waals surface area contributed by atoms with Crippen LogP contribution in [0.2, 0.25) is 0 Å². The molecule has 6 heteroatoms. The number of carbonyl (C=O) groups is 1. The Labute approximate surface area is 154 Å². The largest absolute Gasteiger partial charge is 0.450 e. The van der Waals surface area contributed by atoms with Crippen molar-refractivity contribution in [1.29, 1.82) is 0 Å². The maximum absolute atomic E-state index is 12.7. The van der Waals surface area contributed by atoms with Crippen LogP contribution >= 0.6 is 0 Å². The van der Waals surface area contributed by atoms with Crippen molar-refractivity contribution < 1.29 is 14.1 Å². The molecule has 1 heterocycles. The van der Waals surface area contributed by atoms with E-state index in [2.05, 4.69) is 5.32 Å². The van der Waals surface area contributed by atoms with Crippen LogP contribution in [0, 0.1) is 17.0 Å². The smallest absolute Gasteiger partial charge is 0.287 e. The molecule has 1 amide bonds. The van der Waals surface area contributed by atoms with Crippen molar-refractivity contribution in [2.45, 2.75) is 13.5 Å². The molecular weight excluding hydrogens is 344 g/mol. The number of nitro benzene ring substituents is 1. The van der Waals surface area contributed by atoms with Crippen LogP contribution in [0.4, 0.5) is 5.69 Å². The minimum Gasteiger partial charge on any atom is -0.450 e. The molecule has 0 radical (unpaired) electrons. The van der Waals surface area contributed by atoms with E-state index in [1.807, 2.05) is 43.3 Å². The zero-order chi connectivity index (χ0) is 19.0. The molecule has 0 atom stereocenters. The highest BCUT2D eigenvalue weighted by molar-refractivity contribution is 6.08. The lowest BCUT2D eigenvalue weighted by atomic mass is 10.1. The summed E-state index contributed by atoms with van der Waals surface area (Å²) < 4.78 is 5.89. The van der Waals surface area contributed by atoms with Gasteiger partial charge in [0.2, 0.25) is 0 Å². The van der Waals surface area contributed by atoms with E-state index in [4.69, 9.17) is 4.42 Å². The fraction of sp³-hybridized carbons (Fsp3) is 0.0952. The highest BCUT2D eigenvalue weighted by Gasteiger charge is 2.20. The fourth-order valence-corrected chi connectivity index (χ4v) is 3.26. The monoisotopic (exact) mass is 360 g/mol. The summed E-state index contributed by atoms with van der Waals surface area (Å²) in [7, 11) is 0. The highest BCUT2D eigenvalue weighted by Crippen LogP contribution is 2.31. The lowest BCUT2D eigenvalue weighted by Crippen LogP contribution is -2.23. The number of rotatable bonds is 4. The van der Waals surface area contributed by atoms with Gasteiger partial charge in [-0.05, 0) is 12.3 Å². The third-order valence-corrected chi connectivity index (χ3v) is 4.66. The number of fused-ring (bicyclic) bond motifs is 3. The summed E-state index contributed by atoms with van der Waals surface area (Å²) in [4.78, 5) is 23.3. The molecule has 4 aromatic rings. The summed E-state index contributed by atoms with van der Waals surface area (Å²) >= 11 is 0. The Morgan fingerprint density at radius 3 is 2.59 bits per heavy atom. The van der Waals surface area contributed by atoms with E-state index in [1.165, 1.54) is 6.07 Å². The molecule has 0 fully saturated rings. The molecule has 4 rings (SSSR count). The van der Waals surface area contributed by atoms with Gasteiger partial charge in [0.1, 0.15) is 5.58 Å². The van der Waals surface area contributed by atoms with Gasteiger partial charge in [0.15, 0.2) is 5.76 Å². The molecule has 0 aliphatic rings. The predicted molar refractivity (Wildman–Crippen MR) is 103 cm³/mol. The number of nitro groups is 1. The van der Waals surface area contributed by atoms with E-state index in [0.717, 1.165) is 21.7 Å². The van der Waals surface area contributed by atoms with Gasteiger partial charge in [-0.3, -0.25) is 14.9 Å². The summed E-state index contributed by atoms with van der Waals surface area (Å²) in [5, 5.41) is 16.7. The average molecular weight is 360 g/mol. The molecule has 6 nitrogen and oxygen atoms in total. The van der Waals surface area contributed by atoms with Crippen LogP contribution in [0.3, 0.4) is 0 Å². The van der Waals surface area contributed by atoms with Gasteiger partial charge in [-0.2, -0.15) is 0 Å². The molecule has 0 spiro atoms. The number of furan rings is 1. The molecule has 3 aromatic carbocycles.